The van der Waals surface area contributed by atoms with E-state index in [4.69, 9.17) is 4.98 Å². The Morgan fingerprint density at radius 2 is 1.41 bits per heavy atom. The third-order valence-electron chi connectivity index (χ3n) is 5.82. The van der Waals surface area contributed by atoms with Gasteiger partial charge in [0.15, 0.2) is 0 Å². The molecule has 0 aliphatic rings. The summed E-state index contributed by atoms with van der Waals surface area (Å²) in [6.45, 7) is 1.83. The molecule has 0 spiro atoms. The molecule has 34 heavy (non-hydrogen) atoms. The summed E-state index contributed by atoms with van der Waals surface area (Å²) < 4.78 is 41.1. The molecule has 3 aromatic carbocycles. The van der Waals surface area contributed by atoms with Crippen LogP contribution in [0.25, 0.3) is 0 Å². The highest BCUT2D eigenvalue weighted by Gasteiger charge is 2.40. The molecule has 0 aliphatic heterocycles. The molecule has 0 saturated carbocycles. The summed E-state index contributed by atoms with van der Waals surface area (Å²) in [5.74, 6) is 0. The fourth-order valence-corrected chi connectivity index (χ4v) is 4.14. The van der Waals surface area contributed by atoms with E-state index in [1.165, 1.54) is 6.07 Å². The van der Waals surface area contributed by atoms with E-state index in [2.05, 4.69) is 5.32 Å². The number of aryl methyl sites for hydroxylation is 1. The van der Waals surface area contributed by atoms with Gasteiger partial charge in [0.05, 0.1) is 16.8 Å². The molecule has 4 aromatic rings. The molecular weight excluding hydrogens is 437 g/mol. The van der Waals surface area contributed by atoms with Crippen molar-refractivity contribution in [3.8, 4) is 0 Å². The van der Waals surface area contributed by atoms with E-state index < -0.39 is 23.5 Å². The molecule has 1 aromatic heterocycles. The summed E-state index contributed by atoms with van der Waals surface area (Å²) in [4.78, 5) is 4.70. The molecule has 0 bridgehead atoms. The van der Waals surface area contributed by atoms with Crippen molar-refractivity contribution in [2.24, 2.45) is 0 Å². The van der Waals surface area contributed by atoms with Crippen molar-refractivity contribution in [3.05, 3.63) is 137 Å². The van der Waals surface area contributed by atoms with Crippen molar-refractivity contribution in [2.45, 2.75) is 31.3 Å². The second kappa shape index (κ2) is 9.79. The average molecular weight is 463 g/mol. The Bertz CT molecular complexity index is 1230. The van der Waals surface area contributed by atoms with Crippen LogP contribution in [0, 0.1) is 6.92 Å². The second-order valence-electron chi connectivity index (χ2n) is 8.27. The van der Waals surface area contributed by atoms with Crippen LogP contribution in [-0.4, -0.2) is 10.1 Å². The number of rotatable bonds is 7. The molecule has 0 aliphatic carbocycles. The van der Waals surface area contributed by atoms with Gasteiger partial charge in [-0.15, -0.1) is 0 Å². The van der Waals surface area contributed by atoms with Gasteiger partial charge >= 0.3 is 6.18 Å². The first kappa shape index (κ1) is 23.7. The van der Waals surface area contributed by atoms with Gasteiger partial charge in [0, 0.05) is 12.1 Å². The van der Waals surface area contributed by atoms with Gasteiger partial charge in [-0.1, -0.05) is 78.9 Å². The Balaban J connectivity index is 1.94. The normalized spacial score (nSPS) is 14.4. The molecule has 0 radical (unpaired) electrons. The number of aromatic nitrogens is 1. The lowest BCUT2D eigenvalue weighted by atomic mass is 9.79. The molecular formula is C28H25F3N2O. The van der Waals surface area contributed by atoms with Crippen LogP contribution in [0.15, 0.2) is 103 Å². The van der Waals surface area contributed by atoms with Gasteiger partial charge in [-0.2, -0.15) is 13.2 Å². The van der Waals surface area contributed by atoms with Crippen molar-refractivity contribution in [3.63, 3.8) is 0 Å². The van der Waals surface area contributed by atoms with Crippen LogP contribution in [0.5, 0.6) is 0 Å². The number of nitrogens with one attached hydrogen (secondary N) is 1. The van der Waals surface area contributed by atoms with Gasteiger partial charge in [0.1, 0.15) is 6.23 Å². The molecule has 6 heteroatoms. The highest BCUT2D eigenvalue weighted by molar-refractivity contribution is 5.41. The maximum absolute atomic E-state index is 13.7. The van der Waals surface area contributed by atoms with Crippen molar-refractivity contribution >= 4 is 0 Å². The van der Waals surface area contributed by atoms with Crippen LogP contribution < -0.4 is 5.32 Å². The Morgan fingerprint density at radius 1 is 0.794 bits per heavy atom. The maximum Gasteiger partial charge on any atom is 0.416 e. The summed E-state index contributed by atoms with van der Waals surface area (Å²) in [6, 6.07) is 29.1. The molecule has 174 valence electrons. The SMILES string of the molecule is Cc1cccc(C(Cc2ccccc2)(NC(O)c2ccccc2)c2cccc(C(F)(F)F)c2)n1. The number of hydrogen-bond donors (Lipinski definition) is 2. The number of nitrogens with zero attached hydrogens (tertiary/aromatic N) is 1. The summed E-state index contributed by atoms with van der Waals surface area (Å²) in [5.41, 5.74) is 1.08. The second-order valence-corrected chi connectivity index (χ2v) is 8.27. The Labute approximate surface area is 196 Å². The maximum atomic E-state index is 13.7. The number of hydrogen-bond acceptors (Lipinski definition) is 3. The number of pyridine rings is 1. The van der Waals surface area contributed by atoms with E-state index in [-0.39, 0.29) is 6.42 Å². The fraction of sp³-hybridized carbons (Fsp3) is 0.179. The predicted molar refractivity (Wildman–Crippen MR) is 126 cm³/mol. The number of halogens is 3. The number of benzene rings is 3. The molecule has 0 saturated heterocycles. The van der Waals surface area contributed by atoms with Crippen LogP contribution in [-0.2, 0) is 18.1 Å². The van der Waals surface area contributed by atoms with Gasteiger partial charge in [-0.25, -0.2) is 0 Å². The lowest BCUT2D eigenvalue weighted by Crippen LogP contribution is -2.48. The number of aliphatic hydroxyl groups is 1. The fourth-order valence-electron chi connectivity index (χ4n) is 4.14. The summed E-state index contributed by atoms with van der Waals surface area (Å²) >= 11 is 0. The van der Waals surface area contributed by atoms with E-state index in [0.29, 0.717) is 16.8 Å². The standard InChI is InChI=1S/C28H25F3N2O/c1-20-10-8-17-25(32-20)27(19-21-11-4-2-5-12-21,33-26(34)22-13-6-3-7-14-22)23-15-9-16-24(18-23)28(29,30)31/h2-18,26,33-34H,19H2,1H3. The van der Waals surface area contributed by atoms with Crippen molar-refractivity contribution in [1.29, 1.82) is 0 Å². The van der Waals surface area contributed by atoms with Crippen LogP contribution >= 0.6 is 0 Å². The Morgan fingerprint density at radius 3 is 2.06 bits per heavy atom. The van der Waals surface area contributed by atoms with Crippen LogP contribution in [0.3, 0.4) is 0 Å². The number of alkyl halides is 3. The topological polar surface area (TPSA) is 45.1 Å². The van der Waals surface area contributed by atoms with E-state index in [1.54, 1.807) is 36.4 Å². The van der Waals surface area contributed by atoms with E-state index >= 15 is 0 Å². The molecule has 2 atom stereocenters. The zero-order chi connectivity index (χ0) is 24.2. The molecule has 4 rings (SSSR count). The minimum atomic E-state index is -4.51. The molecule has 3 nitrogen and oxygen atoms in total. The summed E-state index contributed by atoms with van der Waals surface area (Å²) in [7, 11) is 0. The van der Waals surface area contributed by atoms with Crippen LogP contribution in [0.2, 0.25) is 0 Å². The quantitative estimate of drug-likeness (QED) is 0.323. The van der Waals surface area contributed by atoms with Gasteiger partial charge in [0.2, 0.25) is 0 Å². The highest BCUT2D eigenvalue weighted by Crippen LogP contribution is 2.38. The first-order valence-electron chi connectivity index (χ1n) is 10.9. The zero-order valence-corrected chi connectivity index (χ0v) is 18.6. The third-order valence-corrected chi connectivity index (χ3v) is 5.82. The van der Waals surface area contributed by atoms with Crippen molar-refractivity contribution < 1.29 is 18.3 Å². The van der Waals surface area contributed by atoms with Gasteiger partial charge in [0.25, 0.3) is 0 Å². The highest BCUT2D eigenvalue weighted by atomic mass is 19.4. The Hall–Kier alpha value is -3.48. The molecule has 2 unspecified atom stereocenters. The van der Waals surface area contributed by atoms with E-state index in [9.17, 15) is 18.3 Å². The van der Waals surface area contributed by atoms with Crippen LogP contribution in [0.1, 0.15) is 39.9 Å². The predicted octanol–water partition coefficient (Wildman–Crippen LogP) is 6.18. The van der Waals surface area contributed by atoms with E-state index in [0.717, 1.165) is 23.4 Å². The smallest absolute Gasteiger partial charge is 0.374 e. The van der Waals surface area contributed by atoms with E-state index in [1.807, 2.05) is 55.5 Å². The van der Waals surface area contributed by atoms with Gasteiger partial charge in [-0.05, 0) is 47.9 Å². The Kier molecular flexibility index (Phi) is 6.82. The zero-order valence-electron chi connectivity index (χ0n) is 18.6. The molecule has 1 heterocycles. The average Bonchev–Trinajstić information content (AvgIpc) is 2.84. The van der Waals surface area contributed by atoms with Crippen molar-refractivity contribution in [1.82, 2.24) is 10.3 Å². The first-order valence-corrected chi connectivity index (χ1v) is 10.9. The lowest BCUT2D eigenvalue weighted by molar-refractivity contribution is -0.137. The van der Waals surface area contributed by atoms with Crippen LogP contribution in [0.4, 0.5) is 13.2 Å². The largest absolute Gasteiger partial charge is 0.416 e. The molecule has 2 N–H and O–H groups in total. The molecule has 0 fully saturated rings. The summed E-state index contributed by atoms with van der Waals surface area (Å²) in [6.07, 6.45) is -5.39. The minimum absolute atomic E-state index is 0.273. The molecule has 0 amide bonds. The third kappa shape index (κ3) is 5.19. The van der Waals surface area contributed by atoms with Crippen molar-refractivity contribution in [2.75, 3.05) is 0 Å². The monoisotopic (exact) mass is 462 g/mol. The lowest BCUT2D eigenvalue weighted by Gasteiger charge is -2.38. The number of aliphatic hydroxyl groups excluding tert-OH is 1. The van der Waals surface area contributed by atoms with Gasteiger partial charge in [-0.3, -0.25) is 10.3 Å². The minimum Gasteiger partial charge on any atom is -0.374 e. The summed E-state index contributed by atoms with van der Waals surface area (Å²) in [5, 5.41) is 14.5. The first-order chi connectivity index (χ1) is 16.3. The van der Waals surface area contributed by atoms with Gasteiger partial charge < -0.3 is 5.11 Å².